The van der Waals surface area contributed by atoms with Crippen molar-refractivity contribution in [1.29, 1.82) is 0 Å². The third kappa shape index (κ3) is 5.06. The van der Waals surface area contributed by atoms with Gasteiger partial charge in [-0.1, -0.05) is 11.6 Å². The fourth-order valence-corrected chi connectivity index (χ4v) is 3.90. The van der Waals surface area contributed by atoms with Crippen LogP contribution >= 0.6 is 22.9 Å². The minimum Gasteiger partial charge on any atom is -0.349 e. The molecule has 2 N–H and O–H groups in total. The Morgan fingerprint density at radius 2 is 2.04 bits per heavy atom. The van der Waals surface area contributed by atoms with Crippen LogP contribution in [-0.2, 0) is 4.79 Å². The van der Waals surface area contributed by atoms with Crippen LogP contribution in [0.2, 0.25) is 5.02 Å². The van der Waals surface area contributed by atoms with Crippen LogP contribution in [0.4, 0.5) is 10.1 Å². The predicted octanol–water partition coefficient (Wildman–Crippen LogP) is 3.76. The van der Waals surface area contributed by atoms with Gasteiger partial charge in [0.1, 0.15) is 5.82 Å². The van der Waals surface area contributed by atoms with E-state index in [9.17, 15) is 14.0 Å². The average Bonchev–Trinajstić information content (AvgIpc) is 3.20. The van der Waals surface area contributed by atoms with Crippen molar-refractivity contribution in [3.05, 3.63) is 51.4 Å². The number of nitrogens with one attached hydrogen (secondary N) is 2. The topological polar surface area (TPSA) is 61.4 Å². The molecular weight excluding hydrogens is 389 g/mol. The standard InChI is InChI=1S/C19H21ClFN3O2S/c1-12(18(25)23-15-2-3-17(21)16(20)10-15)24-7-4-14(5-8-24)22-19(26)13-6-9-27-11-13/h2-3,6,9-12,14H,4-5,7-8H2,1H3,(H,22,26)(H,23,25). The van der Waals surface area contributed by atoms with Gasteiger partial charge in [-0.05, 0) is 49.4 Å². The van der Waals surface area contributed by atoms with E-state index in [-0.39, 0.29) is 28.9 Å². The van der Waals surface area contributed by atoms with Gasteiger partial charge in [0.2, 0.25) is 5.91 Å². The molecule has 2 aromatic rings. The van der Waals surface area contributed by atoms with Crippen molar-refractivity contribution in [1.82, 2.24) is 10.2 Å². The highest BCUT2D eigenvalue weighted by Crippen LogP contribution is 2.20. The van der Waals surface area contributed by atoms with E-state index in [0.29, 0.717) is 24.3 Å². The van der Waals surface area contributed by atoms with Crippen molar-refractivity contribution in [2.24, 2.45) is 0 Å². The van der Waals surface area contributed by atoms with Crippen LogP contribution in [0.3, 0.4) is 0 Å². The number of piperidine rings is 1. The molecule has 1 aromatic carbocycles. The Labute approximate surface area is 166 Å². The summed E-state index contributed by atoms with van der Waals surface area (Å²) in [4.78, 5) is 26.7. The fraction of sp³-hybridized carbons (Fsp3) is 0.368. The zero-order valence-corrected chi connectivity index (χ0v) is 16.4. The van der Waals surface area contributed by atoms with Crippen LogP contribution in [0, 0.1) is 5.82 Å². The summed E-state index contributed by atoms with van der Waals surface area (Å²) in [5, 5.41) is 9.51. The molecule has 0 saturated carbocycles. The van der Waals surface area contributed by atoms with Crippen LogP contribution in [0.1, 0.15) is 30.1 Å². The Balaban J connectivity index is 1.48. The van der Waals surface area contributed by atoms with E-state index in [4.69, 9.17) is 11.6 Å². The zero-order chi connectivity index (χ0) is 19.4. The van der Waals surface area contributed by atoms with Gasteiger partial charge in [-0.2, -0.15) is 11.3 Å². The van der Waals surface area contributed by atoms with E-state index in [2.05, 4.69) is 15.5 Å². The summed E-state index contributed by atoms with van der Waals surface area (Å²) in [5.41, 5.74) is 1.16. The van der Waals surface area contributed by atoms with Gasteiger partial charge >= 0.3 is 0 Å². The van der Waals surface area contributed by atoms with Gasteiger partial charge < -0.3 is 10.6 Å². The maximum Gasteiger partial charge on any atom is 0.252 e. The molecule has 8 heteroatoms. The zero-order valence-electron chi connectivity index (χ0n) is 14.9. The van der Waals surface area contributed by atoms with E-state index in [1.165, 1.54) is 29.5 Å². The van der Waals surface area contributed by atoms with Crippen molar-refractivity contribution >= 4 is 40.4 Å². The molecule has 2 heterocycles. The first-order valence-corrected chi connectivity index (χ1v) is 10.1. The molecule has 1 atom stereocenters. The summed E-state index contributed by atoms with van der Waals surface area (Å²) in [6.45, 7) is 3.27. The fourth-order valence-electron chi connectivity index (χ4n) is 3.08. The maximum atomic E-state index is 13.2. The highest BCUT2D eigenvalue weighted by atomic mass is 35.5. The SMILES string of the molecule is CC(C(=O)Nc1ccc(F)c(Cl)c1)N1CCC(NC(=O)c2ccsc2)CC1. The molecule has 0 bridgehead atoms. The lowest BCUT2D eigenvalue weighted by atomic mass is 10.0. The Bertz CT molecular complexity index is 807. The number of likely N-dealkylation sites (tertiary alicyclic amines) is 1. The second kappa shape index (κ2) is 8.82. The number of hydrogen-bond acceptors (Lipinski definition) is 4. The highest BCUT2D eigenvalue weighted by molar-refractivity contribution is 7.08. The molecular formula is C19H21ClFN3O2S. The number of halogens is 2. The molecule has 27 heavy (non-hydrogen) atoms. The smallest absolute Gasteiger partial charge is 0.252 e. The van der Waals surface area contributed by atoms with Crippen LogP contribution in [0.25, 0.3) is 0 Å². The number of hydrogen-bond donors (Lipinski definition) is 2. The summed E-state index contributed by atoms with van der Waals surface area (Å²) >= 11 is 7.25. The van der Waals surface area contributed by atoms with Gasteiger partial charge in [-0.15, -0.1) is 0 Å². The van der Waals surface area contributed by atoms with Crippen molar-refractivity contribution in [2.75, 3.05) is 18.4 Å². The van der Waals surface area contributed by atoms with Crippen molar-refractivity contribution < 1.29 is 14.0 Å². The number of anilines is 1. The van der Waals surface area contributed by atoms with E-state index < -0.39 is 5.82 Å². The number of rotatable bonds is 5. The Morgan fingerprint density at radius 1 is 1.30 bits per heavy atom. The first-order chi connectivity index (χ1) is 12.9. The molecule has 5 nitrogen and oxygen atoms in total. The molecule has 0 aliphatic carbocycles. The summed E-state index contributed by atoms with van der Waals surface area (Å²) in [5.74, 6) is -0.735. The van der Waals surface area contributed by atoms with Gasteiger partial charge in [-0.25, -0.2) is 4.39 Å². The molecule has 2 amide bonds. The Morgan fingerprint density at radius 3 is 2.67 bits per heavy atom. The summed E-state index contributed by atoms with van der Waals surface area (Å²) in [6, 6.07) is 5.70. The van der Waals surface area contributed by atoms with Gasteiger partial charge in [0.25, 0.3) is 5.91 Å². The maximum absolute atomic E-state index is 13.2. The normalized spacial score (nSPS) is 16.7. The molecule has 1 unspecified atom stereocenters. The second-order valence-electron chi connectivity index (χ2n) is 6.59. The van der Waals surface area contributed by atoms with Crippen LogP contribution in [-0.4, -0.2) is 41.9 Å². The molecule has 144 valence electrons. The minimum atomic E-state index is -0.519. The molecule has 0 spiro atoms. The van der Waals surface area contributed by atoms with E-state index >= 15 is 0 Å². The molecule has 3 rings (SSSR count). The molecule has 0 radical (unpaired) electrons. The van der Waals surface area contributed by atoms with Crippen LogP contribution < -0.4 is 10.6 Å². The average molecular weight is 410 g/mol. The Hall–Kier alpha value is -1.96. The number of amides is 2. The second-order valence-corrected chi connectivity index (χ2v) is 7.78. The summed E-state index contributed by atoms with van der Waals surface area (Å²) in [6.07, 6.45) is 1.58. The first-order valence-electron chi connectivity index (χ1n) is 8.77. The van der Waals surface area contributed by atoms with E-state index in [1.807, 2.05) is 23.8 Å². The summed E-state index contributed by atoms with van der Waals surface area (Å²) < 4.78 is 13.2. The first kappa shape index (κ1) is 19.8. The number of thiophene rings is 1. The van der Waals surface area contributed by atoms with Gasteiger partial charge in [0.05, 0.1) is 11.1 Å². The van der Waals surface area contributed by atoms with Gasteiger partial charge in [0.15, 0.2) is 0 Å². The number of carbonyl (C=O) groups excluding carboxylic acids is 2. The lowest BCUT2D eigenvalue weighted by Crippen LogP contribution is -2.50. The van der Waals surface area contributed by atoms with E-state index in [0.717, 1.165) is 12.8 Å². The largest absolute Gasteiger partial charge is 0.349 e. The minimum absolute atomic E-state index is 0.0253. The van der Waals surface area contributed by atoms with E-state index in [1.54, 1.807) is 0 Å². The summed E-state index contributed by atoms with van der Waals surface area (Å²) in [7, 11) is 0. The van der Waals surface area contributed by atoms with Crippen LogP contribution in [0.5, 0.6) is 0 Å². The third-order valence-electron chi connectivity index (χ3n) is 4.76. The highest BCUT2D eigenvalue weighted by Gasteiger charge is 2.27. The van der Waals surface area contributed by atoms with Crippen molar-refractivity contribution in [3.8, 4) is 0 Å². The molecule has 1 aromatic heterocycles. The number of nitrogens with zero attached hydrogens (tertiary/aromatic N) is 1. The molecule has 1 aliphatic rings. The quantitative estimate of drug-likeness (QED) is 0.790. The number of carbonyl (C=O) groups is 2. The Kier molecular flexibility index (Phi) is 6.46. The molecule has 1 saturated heterocycles. The lowest BCUT2D eigenvalue weighted by Gasteiger charge is -2.35. The van der Waals surface area contributed by atoms with Gasteiger partial charge in [0, 0.05) is 35.8 Å². The number of benzene rings is 1. The monoisotopic (exact) mass is 409 g/mol. The van der Waals surface area contributed by atoms with Crippen molar-refractivity contribution in [3.63, 3.8) is 0 Å². The van der Waals surface area contributed by atoms with Crippen molar-refractivity contribution in [2.45, 2.75) is 31.8 Å². The molecule has 1 fully saturated rings. The van der Waals surface area contributed by atoms with Crippen LogP contribution in [0.15, 0.2) is 35.0 Å². The lowest BCUT2D eigenvalue weighted by molar-refractivity contribution is -0.121. The predicted molar refractivity (Wildman–Crippen MR) is 106 cm³/mol. The third-order valence-corrected chi connectivity index (χ3v) is 5.74. The van der Waals surface area contributed by atoms with Gasteiger partial charge in [-0.3, -0.25) is 14.5 Å². The molecule has 1 aliphatic heterocycles.